The number of aryl methyl sites for hydroxylation is 1. The van der Waals surface area contributed by atoms with Crippen molar-refractivity contribution in [3.8, 4) is 0 Å². The number of sulfonamides is 1. The Bertz CT molecular complexity index is 666. The first-order chi connectivity index (χ1) is 9.24. The van der Waals surface area contributed by atoms with E-state index in [1.54, 1.807) is 6.92 Å². The molecule has 1 amide bonds. The predicted octanol–water partition coefficient (Wildman–Crippen LogP) is -0.368. The van der Waals surface area contributed by atoms with Crippen LogP contribution in [-0.4, -0.2) is 44.2 Å². The van der Waals surface area contributed by atoms with Gasteiger partial charge < -0.3 is 4.74 Å². The van der Waals surface area contributed by atoms with Crippen molar-refractivity contribution < 1.29 is 22.7 Å². The first-order valence-corrected chi connectivity index (χ1v) is 8.04. The number of hydrogen-bond acceptors (Lipinski definition) is 7. The van der Waals surface area contributed by atoms with E-state index in [0.29, 0.717) is 5.69 Å². The zero-order chi connectivity index (χ0) is 15.1. The quantitative estimate of drug-likeness (QED) is 0.759. The second-order valence-corrected chi connectivity index (χ2v) is 7.14. The van der Waals surface area contributed by atoms with Gasteiger partial charge in [0.25, 0.3) is 0 Å². The topological polar surface area (TPSA) is 120 Å². The second-order valence-electron chi connectivity index (χ2n) is 4.32. The van der Waals surface area contributed by atoms with E-state index in [2.05, 4.69) is 9.72 Å². The van der Waals surface area contributed by atoms with Crippen LogP contribution in [0.2, 0.25) is 0 Å². The fourth-order valence-electron chi connectivity index (χ4n) is 1.86. The van der Waals surface area contributed by atoms with Gasteiger partial charge in [0.2, 0.25) is 15.9 Å². The number of nitrogens with two attached hydrogens (primary N) is 1. The highest BCUT2D eigenvalue weighted by atomic mass is 32.2. The summed E-state index contributed by atoms with van der Waals surface area (Å²) in [4.78, 5) is 29.0. The molecule has 0 spiro atoms. The van der Waals surface area contributed by atoms with E-state index in [9.17, 15) is 18.0 Å². The van der Waals surface area contributed by atoms with Crippen molar-refractivity contribution >= 4 is 38.4 Å². The predicted molar refractivity (Wildman–Crippen MR) is 72.1 cm³/mol. The maximum Gasteiger partial charge on any atom is 0.350 e. The summed E-state index contributed by atoms with van der Waals surface area (Å²) >= 11 is 0.990. The van der Waals surface area contributed by atoms with E-state index in [-0.39, 0.29) is 28.9 Å². The minimum Gasteiger partial charge on any atom is -0.465 e. The van der Waals surface area contributed by atoms with Gasteiger partial charge in [-0.1, -0.05) is 11.3 Å². The molecule has 10 heteroatoms. The van der Waals surface area contributed by atoms with Crippen molar-refractivity contribution in [2.75, 3.05) is 18.6 Å². The van der Waals surface area contributed by atoms with Crippen LogP contribution in [0.15, 0.2) is 0 Å². The molecule has 8 nitrogen and oxygen atoms in total. The molecule has 2 heterocycles. The number of methoxy groups -OCH3 is 1. The first kappa shape index (κ1) is 14.9. The van der Waals surface area contributed by atoms with E-state index in [4.69, 9.17) is 5.14 Å². The molecule has 1 aliphatic rings. The molecule has 1 aromatic rings. The summed E-state index contributed by atoms with van der Waals surface area (Å²) in [5.74, 6) is -0.921. The van der Waals surface area contributed by atoms with Crippen LogP contribution in [0, 0.1) is 6.92 Å². The molecule has 0 radical (unpaired) electrons. The van der Waals surface area contributed by atoms with Crippen molar-refractivity contribution in [2.45, 2.75) is 18.6 Å². The van der Waals surface area contributed by atoms with Crippen LogP contribution in [0.4, 0.5) is 5.13 Å². The highest BCUT2D eigenvalue weighted by molar-refractivity contribution is 7.89. The number of thiazole rings is 1. The zero-order valence-corrected chi connectivity index (χ0v) is 12.5. The van der Waals surface area contributed by atoms with Gasteiger partial charge in [0, 0.05) is 13.0 Å². The Morgan fingerprint density at radius 1 is 1.55 bits per heavy atom. The molecule has 0 saturated carbocycles. The van der Waals surface area contributed by atoms with Gasteiger partial charge >= 0.3 is 5.97 Å². The van der Waals surface area contributed by atoms with Crippen LogP contribution < -0.4 is 10.0 Å². The Kier molecular flexibility index (Phi) is 3.80. The number of ether oxygens (including phenoxy) is 1. The minimum atomic E-state index is -3.78. The van der Waals surface area contributed by atoms with Crippen LogP contribution in [0.5, 0.6) is 0 Å². The number of anilines is 1. The third kappa shape index (κ3) is 2.67. The van der Waals surface area contributed by atoms with Gasteiger partial charge in [0.15, 0.2) is 5.13 Å². The molecule has 1 aromatic heterocycles. The van der Waals surface area contributed by atoms with Gasteiger partial charge in [-0.3, -0.25) is 9.69 Å². The van der Waals surface area contributed by atoms with E-state index in [0.717, 1.165) is 11.3 Å². The van der Waals surface area contributed by atoms with Gasteiger partial charge in [0.05, 0.1) is 12.8 Å². The number of esters is 1. The molecule has 1 saturated heterocycles. The van der Waals surface area contributed by atoms with Crippen LogP contribution in [0.25, 0.3) is 0 Å². The molecular weight excluding hydrogens is 306 g/mol. The molecule has 1 aliphatic heterocycles. The lowest BCUT2D eigenvalue weighted by molar-refractivity contribution is -0.117. The largest absolute Gasteiger partial charge is 0.465 e. The lowest BCUT2D eigenvalue weighted by Crippen LogP contribution is -2.32. The maximum atomic E-state index is 11.8. The molecule has 0 aliphatic carbocycles. The van der Waals surface area contributed by atoms with E-state index >= 15 is 0 Å². The molecule has 0 aromatic carbocycles. The average Bonchev–Trinajstić information content (AvgIpc) is 2.91. The second kappa shape index (κ2) is 5.11. The number of rotatable bonds is 3. The Labute approximate surface area is 119 Å². The summed E-state index contributed by atoms with van der Waals surface area (Å²) in [6.45, 7) is 1.56. The van der Waals surface area contributed by atoms with Crippen LogP contribution in [0.3, 0.4) is 0 Å². The molecule has 0 bridgehead atoms. The first-order valence-electron chi connectivity index (χ1n) is 5.61. The normalized spacial score (nSPS) is 19.4. The standard InChI is InChI=1S/C10H13N3O5S2/c1-5-8(9(15)18-2)19-10(12-5)13-4-6(3-7(13)14)20(11,16)17/h6H,3-4H2,1-2H3,(H2,11,16,17). The van der Waals surface area contributed by atoms with Gasteiger partial charge in [-0.05, 0) is 6.92 Å². The molecule has 1 fully saturated rings. The molecule has 110 valence electrons. The van der Waals surface area contributed by atoms with Crippen molar-refractivity contribution in [2.24, 2.45) is 5.14 Å². The van der Waals surface area contributed by atoms with E-state index < -0.39 is 21.2 Å². The molecular formula is C10H13N3O5S2. The smallest absolute Gasteiger partial charge is 0.350 e. The Hall–Kier alpha value is -1.52. The molecule has 1 atom stereocenters. The molecule has 2 N–H and O–H groups in total. The highest BCUT2D eigenvalue weighted by Gasteiger charge is 2.38. The Morgan fingerprint density at radius 2 is 2.20 bits per heavy atom. The van der Waals surface area contributed by atoms with Crippen molar-refractivity contribution in [3.05, 3.63) is 10.6 Å². The van der Waals surface area contributed by atoms with E-state index in [1.807, 2.05) is 0 Å². The Morgan fingerprint density at radius 3 is 2.70 bits per heavy atom. The van der Waals surface area contributed by atoms with Gasteiger partial charge in [0.1, 0.15) is 10.1 Å². The lowest BCUT2D eigenvalue weighted by atomic mass is 10.4. The fourth-order valence-corrected chi connectivity index (χ4v) is 3.60. The van der Waals surface area contributed by atoms with Crippen LogP contribution in [0.1, 0.15) is 21.8 Å². The maximum absolute atomic E-state index is 11.8. The minimum absolute atomic E-state index is 0.0504. The summed E-state index contributed by atoms with van der Waals surface area (Å²) in [5, 5.41) is 4.38. The van der Waals surface area contributed by atoms with Crippen molar-refractivity contribution in [1.82, 2.24) is 4.98 Å². The third-order valence-corrected chi connectivity index (χ3v) is 5.35. The fraction of sp³-hybridized carbons (Fsp3) is 0.500. The number of carbonyl (C=O) groups is 2. The lowest BCUT2D eigenvalue weighted by Gasteiger charge is -2.11. The molecule has 20 heavy (non-hydrogen) atoms. The average molecular weight is 319 g/mol. The molecule has 2 rings (SSSR count). The van der Waals surface area contributed by atoms with Gasteiger partial charge in [-0.15, -0.1) is 0 Å². The van der Waals surface area contributed by atoms with Crippen LogP contribution in [-0.2, 0) is 19.6 Å². The summed E-state index contributed by atoms with van der Waals surface area (Å²) < 4.78 is 27.2. The number of carbonyl (C=O) groups excluding carboxylic acids is 2. The highest BCUT2D eigenvalue weighted by Crippen LogP contribution is 2.30. The number of hydrogen-bond donors (Lipinski definition) is 1. The SMILES string of the molecule is COC(=O)c1sc(N2CC(S(N)(=O)=O)CC2=O)nc1C. The summed E-state index contributed by atoms with van der Waals surface area (Å²) in [7, 11) is -2.53. The van der Waals surface area contributed by atoms with Crippen molar-refractivity contribution in [1.29, 1.82) is 0 Å². The number of nitrogens with zero attached hydrogens (tertiary/aromatic N) is 2. The summed E-state index contributed by atoms with van der Waals surface area (Å²) in [5.41, 5.74) is 0.434. The Balaban J connectivity index is 2.29. The zero-order valence-electron chi connectivity index (χ0n) is 10.8. The number of primary sulfonamides is 1. The summed E-state index contributed by atoms with van der Waals surface area (Å²) in [6.07, 6.45) is -0.176. The van der Waals surface area contributed by atoms with Crippen molar-refractivity contribution in [3.63, 3.8) is 0 Å². The van der Waals surface area contributed by atoms with E-state index in [1.165, 1.54) is 12.0 Å². The molecule has 1 unspecified atom stereocenters. The van der Waals surface area contributed by atoms with Gasteiger partial charge in [-0.2, -0.15) is 0 Å². The number of aromatic nitrogens is 1. The monoisotopic (exact) mass is 319 g/mol. The number of amides is 1. The summed E-state index contributed by atoms with van der Waals surface area (Å²) in [6, 6.07) is 0. The third-order valence-electron chi connectivity index (χ3n) is 2.94. The van der Waals surface area contributed by atoms with Gasteiger partial charge in [-0.25, -0.2) is 23.3 Å². The van der Waals surface area contributed by atoms with Crippen LogP contribution >= 0.6 is 11.3 Å².